The molecule has 16 heavy (non-hydrogen) atoms. The SMILES string of the molecule is CC.CC(C)C1(C)CC(=O)c2ccccc21. The van der Waals surface area contributed by atoms with Gasteiger partial charge >= 0.3 is 0 Å². The van der Waals surface area contributed by atoms with Crippen LogP contribution in [0.25, 0.3) is 0 Å². The first-order chi connectivity index (χ1) is 7.55. The van der Waals surface area contributed by atoms with E-state index in [0.717, 1.165) is 5.56 Å². The van der Waals surface area contributed by atoms with E-state index in [1.165, 1.54) is 5.56 Å². The van der Waals surface area contributed by atoms with Crippen molar-refractivity contribution in [3.8, 4) is 0 Å². The molecule has 0 heterocycles. The molecule has 0 N–H and O–H groups in total. The molecule has 1 aromatic carbocycles. The van der Waals surface area contributed by atoms with Gasteiger partial charge in [-0.1, -0.05) is 58.9 Å². The number of carbonyl (C=O) groups excluding carboxylic acids is 1. The number of hydrogen-bond acceptors (Lipinski definition) is 1. The molecule has 2 rings (SSSR count). The molecular weight excluding hydrogens is 196 g/mol. The van der Waals surface area contributed by atoms with Crippen LogP contribution < -0.4 is 0 Å². The summed E-state index contributed by atoms with van der Waals surface area (Å²) in [6, 6.07) is 8.02. The zero-order valence-electron chi connectivity index (χ0n) is 11.0. The maximum absolute atomic E-state index is 11.8. The second kappa shape index (κ2) is 4.82. The standard InChI is InChI=1S/C13H16O.C2H6/c1-9(2)13(3)8-12(14)10-6-4-5-7-11(10)13;1-2/h4-7,9H,8H2,1-3H3;1-2H3. The summed E-state index contributed by atoms with van der Waals surface area (Å²) in [6.45, 7) is 10.6. The number of ketones is 1. The Morgan fingerprint density at radius 1 is 1.19 bits per heavy atom. The molecule has 0 spiro atoms. The van der Waals surface area contributed by atoms with Crippen molar-refractivity contribution in [2.45, 2.75) is 46.5 Å². The molecule has 0 bridgehead atoms. The van der Waals surface area contributed by atoms with Crippen LogP contribution in [0.2, 0.25) is 0 Å². The van der Waals surface area contributed by atoms with Gasteiger partial charge in [0, 0.05) is 17.4 Å². The van der Waals surface area contributed by atoms with Gasteiger partial charge in [0.25, 0.3) is 0 Å². The summed E-state index contributed by atoms with van der Waals surface area (Å²) in [4.78, 5) is 11.8. The van der Waals surface area contributed by atoms with Gasteiger partial charge in [0.1, 0.15) is 0 Å². The summed E-state index contributed by atoms with van der Waals surface area (Å²) in [6.07, 6.45) is 0.671. The van der Waals surface area contributed by atoms with Crippen LogP contribution in [0.4, 0.5) is 0 Å². The smallest absolute Gasteiger partial charge is 0.164 e. The molecule has 0 aromatic heterocycles. The van der Waals surface area contributed by atoms with Gasteiger partial charge in [-0.3, -0.25) is 4.79 Å². The van der Waals surface area contributed by atoms with Crippen LogP contribution in [-0.2, 0) is 5.41 Å². The molecule has 1 atom stereocenters. The van der Waals surface area contributed by atoms with Gasteiger partial charge in [-0.05, 0) is 11.5 Å². The average molecular weight is 218 g/mol. The molecule has 0 aliphatic heterocycles. The highest BCUT2D eigenvalue weighted by atomic mass is 16.1. The van der Waals surface area contributed by atoms with Gasteiger partial charge < -0.3 is 0 Å². The van der Waals surface area contributed by atoms with E-state index in [9.17, 15) is 4.79 Å². The lowest BCUT2D eigenvalue weighted by molar-refractivity contribution is 0.0965. The van der Waals surface area contributed by atoms with Crippen LogP contribution in [0.15, 0.2) is 24.3 Å². The predicted octanol–water partition coefficient (Wildman–Crippen LogP) is 4.21. The summed E-state index contributed by atoms with van der Waals surface area (Å²) < 4.78 is 0. The van der Waals surface area contributed by atoms with Gasteiger partial charge in [0.05, 0.1) is 0 Å². The van der Waals surface area contributed by atoms with Gasteiger partial charge in [-0.15, -0.1) is 0 Å². The number of benzene rings is 1. The van der Waals surface area contributed by atoms with Crippen molar-refractivity contribution >= 4 is 5.78 Å². The third-order valence-corrected chi connectivity index (χ3v) is 3.64. The first-order valence-corrected chi connectivity index (χ1v) is 6.18. The van der Waals surface area contributed by atoms with E-state index < -0.39 is 0 Å². The van der Waals surface area contributed by atoms with E-state index in [1.807, 2.05) is 32.0 Å². The van der Waals surface area contributed by atoms with Crippen molar-refractivity contribution in [1.29, 1.82) is 0 Å². The molecule has 0 saturated heterocycles. The van der Waals surface area contributed by atoms with Crippen molar-refractivity contribution < 1.29 is 4.79 Å². The van der Waals surface area contributed by atoms with E-state index >= 15 is 0 Å². The Labute approximate surface area is 98.9 Å². The van der Waals surface area contributed by atoms with Crippen LogP contribution in [0.3, 0.4) is 0 Å². The molecular formula is C15H22O. The minimum atomic E-state index is 0.0493. The topological polar surface area (TPSA) is 17.1 Å². The first kappa shape index (κ1) is 13.0. The summed E-state index contributed by atoms with van der Waals surface area (Å²) in [5.41, 5.74) is 2.22. The van der Waals surface area contributed by atoms with E-state index in [0.29, 0.717) is 18.1 Å². The lowest BCUT2D eigenvalue weighted by Crippen LogP contribution is -2.25. The fraction of sp³-hybridized carbons (Fsp3) is 0.533. The van der Waals surface area contributed by atoms with Gasteiger partial charge in [0.2, 0.25) is 0 Å². The largest absolute Gasteiger partial charge is 0.294 e. The predicted molar refractivity (Wildman–Crippen MR) is 68.9 cm³/mol. The third-order valence-electron chi connectivity index (χ3n) is 3.64. The average Bonchev–Trinajstić information content (AvgIpc) is 2.56. The van der Waals surface area contributed by atoms with Crippen LogP contribution in [-0.4, -0.2) is 5.78 Å². The zero-order valence-corrected chi connectivity index (χ0v) is 11.0. The van der Waals surface area contributed by atoms with Gasteiger partial charge in [-0.25, -0.2) is 0 Å². The number of fused-ring (bicyclic) bond motifs is 1. The number of hydrogen-bond donors (Lipinski definition) is 0. The minimum Gasteiger partial charge on any atom is -0.294 e. The second-order valence-electron chi connectivity index (χ2n) is 4.72. The maximum Gasteiger partial charge on any atom is 0.164 e. The Kier molecular flexibility index (Phi) is 3.90. The van der Waals surface area contributed by atoms with Crippen molar-refractivity contribution in [1.82, 2.24) is 0 Å². The zero-order chi connectivity index (χ0) is 12.3. The third kappa shape index (κ3) is 1.91. The molecule has 0 amide bonds. The monoisotopic (exact) mass is 218 g/mol. The van der Waals surface area contributed by atoms with Crippen LogP contribution in [0.5, 0.6) is 0 Å². The summed E-state index contributed by atoms with van der Waals surface area (Å²) >= 11 is 0. The quantitative estimate of drug-likeness (QED) is 0.690. The Hall–Kier alpha value is -1.11. The highest BCUT2D eigenvalue weighted by molar-refractivity contribution is 6.02. The lowest BCUT2D eigenvalue weighted by atomic mass is 9.74. The number of carbonyl (C=O) groups is 1. The molecule has 0 fully saturated rings. The molecule has 88 valence electrons. The molecule has 1 heteroatoms. The molecule has 0 saturated carbocycles. The van der Waals surface area contributed by atoms with Crippen LogP contribution in [0.1, 0.15) is 57.0 Å². The van der Waals surface area contributed by atoms with Crippen LogP contribution in [0, 0.1) is 5.92 Å². The second-order valence-corrected chi connectivity index (χ2v) is 4.72. The van der Waals surface area contributed by atoms with E-state index in [-0.39, 0.29) is 5.41 Å². The van der Waals surface area contributed by atoms with Crippen LogP contribution >= 0.6 is 0 Å². The van der Waals surface area contributed by atoms with E-state index in [2.05, 4.69) is 26.8 Å². The molecule has 1 aliphatic carbocycles. The molecule has 1 aromatic rings. The van der Waals surface area contributed by atoms with Crippen molar-refractivity contribution in [2.24, 2.45) is 5.92 Å². The van der Waals surface area contributed by atoms with E-state index in [4.69, 9.17) is 0 Å². The highest BCUT2D eigenvalue weighted by Gasteiger charge is 2.41. The van der Waals surface area contributed by atoms with Gasteiger partial charge in [-0.2, -0.15) is 0 Å². The number of rotatable bonds is 1. The molecule has 1 unspecified atom stereocenters. The Balaban J connectivity index is 0.000000606. The van der Waals surface area contributed by atoms with Crippen molar-refractivity contribution in [3.05, 3.63) is 35.4 Å². The Morgan fingerprint density at radius 2 is 1.75 bits per heavy atom. The molecule has 1 aliphatic rings. The van der Waals surface area contributed by atoms with Gasteiger partial charge in [0.15, 0.2) is 5.78 Å². The van der Waals surface area contributed by atoms with Crippen molar-refractivity contribution in [3.63, 3.8) is 0 Å². The minimum absolute atomic E-state index is 0.0493. The fourth-order valence-corrected chi connectivity index (χ4v) is 2.26. The fourth-order valence-electron chi connectivity index (χ4n) is 2.26. The number of Topliss-reactive ketones (excluding diaryl/α,β-unsaturated/α-hetero) is 1. The first-order valence-electron chi connectivity index (χ1n) is 6.18. The Morgan fingerprint density at radius 3 is 2.31 bits per heavy atom. The van der Waals surface area contributed by atoms with E-state index in [1.54, 1.807) is 0 Å². The Bertz CT molecular complexity index is 379. The van der Waals surface area contributed by atoms with Crippen molar-refractivity contribution in [2.75, 3.05) is 0 Å². The molecule has 0 radical (unpaired) electrons. The summed E-state index contributed by atoms with van der Waals surface area (Å²) in [5.74, 6) is 0.812. The molecule has 1 nitrogen and oxygen atoms in total. The summed E-state index contributed by atoms with van der Waals surface area (Å²) in [7, 11) is 0. The summed E-state index contributed by atoms with van der Waals surface area (Å²) in [5, 5.41) is 0. The maximum atomic E-state index is 11.8. The lowest BCUT2D eigenvalue weighted by Gasteiger charge is -2.29. The highest BCUT2D eigenvalue weighted by Crippen LogP contribution is 2.43. The normalized spacial score (nSPS) is 22.8.